The van der Waals surface area contributed by atoms with Crippen molar-refractivity contribution in [2.24, 2.45) is 0 Å². The van der Waals surface area contributed by atoms with Gasteiger partial charge in [-0.05, 0) is 19.1 Å². The minimum atomic E-state index is -0.331. The molecule has 0 bridgehead atoms. The fourth-order valence-electron chi connectivity index (χ4n) is 2.47. The van der Waals surface area contributed by atoms with Crippen LogP contribution in [0.25, 0.3) is 0 Å². The van der Waals surface area contributed by atoms with Gasteiger partial charge >= 0.3 is 0 Å². The van der Waals surface area contributed by atoms with Gasteiger partial charge in [0.2, 0.25) is 0 Å². The van der Waals surface area contributed by atoms with Gasteiger partial charge in [-0.25, -0.2) is 0 Å². The van der Waals surface area contributed by atoms with Crippen LogP contribution in [0.1, 0.15) is 18.5 Å². The molecule has 0 spiro atoms. The summed E-state index contributed by atoms with van der Waals surface area (Å²) in [6.07, 6.45) is 0.142. The zero-order chi connectivity index (χ0) is 14.5. The Morgan fingerprint density at radius 1 is 1.40 bits per heavy atom. The lowest BCUT2D eigenvalue weighted by molar-refractivity contribution is -0.0271. The van der Waals surface area contributed by atoms with Crippen LogP contribution in [0, 0.1) is 11.3 Å². The standard InChI is InChI=1S/C15H20N2O3/c1-11-10-17(6-7-20-11)14(9-16)13-5-4-12(18-2)8-15(13)19-3/h4-5,8,11,14H,6-7,10H2,1-3H3. The molecule has 1 aromatic carbocycles. The average molecular weight is 276 g/mol. The molecular weight excluding hydrogens is 256 g/mol. The normalized spacial score (nSPS) is 21.0. The predicted octanol–water partition coefficient (Wildman–Crippen LogP) is 1.99. The van der Waals surface area contributed by atoms with Crippen LogP contribution in [0.15, 0.2) is 18.2 Å². The minimum absolute atomic E-state index is 0.142. The van der Waals surface area contributed by atoms with Gasteiger partial charge in [0.1, 0.15) is 17.5 Å². The van der Waals surface area contributed by atoms with Gasteiger partial charge in [-0.15, -0.1) is 0 Å². The fraction of sp³-hybridized carbons (Fsp3) is 0.533. The van der Waals surface area contributed by atoms with E-state index < -0.39 is 0 Å². The van der Waals surface area contributed by atoms with Crippen LogP contribution in [0.3, 0.4) is 0 Å². The van der Waals surface area contributed by atoms with Crippen molar-refractivity contribution in [2.45, 2.75) is 19.1 Å². The number of hydrogen-bond acceptors (Lipinski definition) is 5. The highest BCUT2D eigenvalue weighted by Crippen LogP contribution is 2.33. The first-order chi connectivity index (χ1) is 9.69. The van der Waals surface area contributed by atoms with E-state index in [1.165, 1.54) is 0 Å². The molecule has 20 heavy (non-hydrogen) atoms. The Labute approximate surface area is 119 Å². The van der Waals surface area contributed by atoms with Gasteiger partial charge in [0.15, 0.2) is 0 Å². The number of benzene rings is 1. The number of rotatable bonds is 4. The zero-order valence-electron chi connectivity index (χ0n) is 12.1. The lowest BCUT2D eigenvalue weighted by atomic mass is 10.0. The Morgan fingerprint density at radius 2 is 2.20 bits per heavy atom. The molecule has 2 rings (SSSR count). The molecule has 0 amide bonds. The van der Waals surface area contributed by atoms with Gasteiger partial charge in [0.05, 0.1) is 33.0 Å². The van der Waals surface area contributed by atoms with Gasteiger partial charge in [0, 0.05) is 24.7 Å². The van der Waals surface area contributed by atoms with Gasteiger partial charge in [0.25, 0.3) is 0 Å². The van der Waals surface area contributed by atoms with E-state index in [1.807, 2.05) is 25.1 Å². The molecule has 1 heterocycles. The third kappa shape index (κ3) is 3.03. The molecule has 1 fully saturated rings. The molecule has 2 unspecified atom stereocenters. The van der Waals surface area contributed by atoms with Gasteiger partial charge in [-0.3, -0.25) is 4.90 Å². The molecule has 1 aliphatic rings. The highest BCUT2D eigenvalue weighted by molar-refractivity contribution is 5.44. The van der Waals surface area contributed by atoms with Crippen LogP contribution in [-0.2, 0) is 4.74 Å². The third-order valence-corrected chi connectivity index (χ3v) is 3.50. The van der Waals surface area contributed by atoms with E-state index in [0.717, 1.165) is 24.4 Å². The summed E-state index contributed by atoms with van der Waals surface area (Å²) < 4.78 is 16.1. The summed E-state index contributed by atoms with van der Waals surface area (Å²) >= 11 is 0. The van der Waals surface area contributed by atoms with E-state index in [-0.39, 0.29) is 12.1 Å². The Kier molecular flexibility index (Phi) is 4.83. The van der Waals surface area contributed by atoms with Crippen LogP contribution in [0.2, 0.25) is 0 Å². The van der Waals surface area contributed by atoms with Crippen molar-refractivity contribution in [1.29, 1.82) is 5.26 Å². The molecule has 108 valence electrons. The number of ether oxygens (including phenoxy) is 3. The summed E-state index contributed by atoms with van der Waals surface area (Å²) in [5.74, 6) is 1.40. The smallest absolute Gasteiger partial charge is 0.128 e. The van der Waals surface area contributed by atoms with Crippen LogP contribution in [0.4, 0.5) is 0 Å². The SMILES string of the molecule is COc1ccc(C(C#N)N2CCOC(C)C2)c(OC)c1. The van der Waals surface area contributed by atoms with Crippen LogP contribution >= 0.6 is 0 Å². The van der Waals surface area contributed by atoms with Crippen LogP contribution in [0.5, 0.6) is 11.5 Å². The zero-order valence-corrected chi connectivity index (χ0v) is 12.1. The lowest BCUT2D eigenvalue weighted by Crippen LogP contribution is -2.42. The average Bonchev–Trinajstić information content (AvgIpc) is 2.48. The molecule has 5 nitrogen and oxygen atoms in total. The molecular formula is C15H20N2O3. The quantitative estimate of drug-likeness (QED) is 0.841. The van der Waals surface area contributed by atoms with Crippen molar-refractivity contribution in [3.63, 3.8) is 0 Å². The summed E-state index contributed by atoms with van der Waals surface area (Å²) in [4.78, 5) is 2.12. The Balaban J connectivity index is 2.29. The minimum Gasteiger partial charge on any atom is -0.497 e. The highest BCUT2D eigenvalue weighted by Gasteiger charge is 2.27. The Morgan fingerprint density at radius 3 is 2.80 bits per heavy atom. The van der Waals surface area contributed by atoms with E-state index in [1.54, 1.807) is 14.2 Å². The molecule has 0 radical (unpaired) electrons. The predicted molar refractivity (Wildman–Crippen MR) is 74.9 cm³/mol. The number of morpholine rings is 1. The molecule has 1 aliphatic heterocycles. The van der Waals surface area contributed by atoms with Crippen molar-refractivity contribution in [3.8, 4) is 17.6 Å². The molecule has 0 saturated carbocycles. The monoisotopic (exact) mass is 276 g/mol. The van der Waals surface area contributed by atoms with Crippen molar-refractivity contribution in [3.05, 3.63) is 23.8 Å². The maximum atomic E-state index is 9.55. The number of nitriles is 1. The van der Waals surface area contributed by atoms with E-state index in [2.05, 4.69) is 11.0 Å². The third-order valence-electron chi connectivity index (χ3n) is 3.50. The molecule has 2 atom stereocenters. The Hall–Kier alpha value is -1.77. The van der Waals surface area contributed by atoms with Crippen molar-refractivity contribution < 1.29 is 14.2 Å². The van der Waals surface area contributed by atoms with Gasteiger partial charge < -0.3 is 14.2 Å². The Bertz CT molecular complexity index is 498. The molecule has 1 aromatic rings. The van der Waals surface area contributed by atoms with E-state index >= 15 is 0 Å². The highest BCUT2D eigenvalue weighted by atomic mass is 16.5. The van der Waals surface area contributed by atoms with Crippen LogP contribution in [-0.4, -0.2) is 44.9 Å². The fourth-order valence-corrected chi connectivity index (χ4v) is 2.47. The summed E-state index contributed by atoms with van der Waals surface area (Å²) in [7, 11) is 3.22. The summed E-state index contributed by atoms with van der Waals surface area (Å²) in [6.45, 7) is 4.16. The first kappa shape index (κ1) is 14.6. The molecule has 1 saturated heterocycles. The molecule has 0 N–H and O–H groups in total. The van der Waals surface area contributed by atoms with E-state index in [9.17, 15) is 5.26 Å². The van der Waals surface area contributed by atoms with Crippen molar-refractivity contribution >= 4 is 0 Å². The van der Waals surface area contributed by atoms with Crippen molar-refractivity contribution in [1.82, 2.24) is 4.90 Å². The molecule has 5 heteroatoms. The maximum absolute atomic E-state index is 9.55. The van der Waals surface area contributed by atoms with Gasteiger partial charge in [-0.2, -0.15) is 5.26 Å². The second-order valence-corrected chi connectivity index (χ2v) is 4.82. The van der Waals surface area contributed by atoms with Gasteiger partial charge in [-0.1, -0.05) is 0 Å². The van der Waals surface area contributed by atoms with E-state index in [0.29, 0.717) is 12.4 Å². The molecule has 0 aromatic heterocycles. The first-order valence-electron chi connectivity index (χ1n) is 6.66. The first-order valence-corrected chi connectivity index (χ1v) is 6.66. The summed E-state index contributed by atoms with van der Waals surface area (Å²) in [6, 6.07) is 7.60. The summed E-state index contributed by atoms with van der Waals surface area (Å²) in [5, 5.41) is 9.55. The largest absolute Gasteiger partial charge is 0.497 e. The molecule has 0 aliphatic carbocycles. The second-order valence-electron chi connectivity index (χ2n) is 4.82. The topological polar surface area (TPSA) is 54.7 Å². The lowest BCUT2D eigenvalue weighted by Gasteiger charge is -2.34. The van der Waals surface area contributed by atoms with E-state index in [4.69, 9.17) is 14.2 Å². The number of methoxy groups -OCH3 is 2. The number of hydrogen-bond donors (Lipinski definition) is 0. The summed E-state index contributed by atoms with van der Waals surface area (Å²) in [5.41, 5.74) is 0.866. The van der Waals surface area contributed by atoms with Crippen molar-refractivity contribution in [2.75, 3.05) is 33.9 Å². The maximum Gasteiger partial charge on any atom is 0.128 e. The van der Waals surface area contributed by atoms with Crippen LogP contribution < -0.4 is 9.47 Å². The second kappa shape index (κ2) is 6.60. The number of nitrogens with zero attached hydrogens (tertiary/aromatic N) is 2.